The number of amides is 1. The number of hydrogen-bond donors (Lipinski definition) is 4. The molecule has 3 rings (SSSR count). The summed E-state index contributed by atoms with van der Waals surface area (Å²) < 4.78 is 0. The molecule has 0 fully saturated rings. The number of fused-ring (bicyclic) bond motifs is 1. The van der Waals surface area contributed by atoms with Gasteiger partial charge in [-0.25, -0.2) is 14.6 Å². The maximum atomic E-state index is 12.1. The lowest BCUT2D eigenvalue weighted by Gasteiger charge is -2.05. The lowest BCUT2D eigenvalue weighted by atomic mass is 10.2. The summed E-state index contributed by atoms with van der Waals surface area (Å²) in [6, 6.07) is 5.68. The van der Waals surface area contributed by atoms with E-state index in [1.54, 1.807) is 0 Å². The number of carbonyl (C=O) groups is 3. The molecule has 0 saturated heterocycles. The van der Waals surface area contributed by atoms with E-state index in [4.69, 9.17) is 10.2 Å². The molecule has 0 unspecified atom stereocenters. The van der Waals surface area contributed by atoms with Crippen molar-refractivity contribution in [3.05, 3.63) is 51.1 Å². The number of thiophene rings is 1. The minimum atomic E-state index is -1.21. The Kier molecular flexibility index (Phi) is 5.23. The highest BCUT2D eigenvalue weighted by atomic mass is 32.2. The van der Waals surface area contributed by atoms with Crippen molar-refractivity contribution in [1.29, 1.82) is 0 Å². The van der Waals surface area contributed by atoms with Crippen LogP contribution in [0.2, 0.25) is 0 Å². The highest BCUT2D eigenvalue weighted by Gasteiger charge is 2.16. The van der Waals surface area contributed by atoms with E-state index in [0.717, 1.165) is 23.1 Å². The highest BCUT2D eigenvalue weighted by molar-refractivity contribution is 7.99. The number of rotatable bonds is 6. The normalized spacial score (nSPS) is 10.7. The van der Waals surface area contributed by atoms with Crippen molar-refractivity contribution in [2.24, 2.45) is 0 Å². The van der Waals surface area contributed by atoms with Gasteiger partial charge < -0.3 is 20.5 Å². The molecule has 9 nitrogen and oxygen atoms in total. The topological polar surface area (TPSA) is 149 Å². The van der Waals surface area contributed by atoms with Crippen LogP contribution in [0.4, 0.5) is 5.69 Å². The molecule has 0 bridgehead atoms. The fourth-order valence-electron chi connectivity index (χ4n) is 2.18. The Labute approximate surface area is 159 Å². The number of nitrogens with one attached hydrogen (secondary N) is 2. The van der Waals surface area contributed by atoms with E-state index >= 15 is 0 Å². The van der Waals surface area contributed by atoms with Crippen molar-refractivity contribution < 1.29 is 24.6 Å². The largest absolute Gasteiger partial charge is 0.478 e. The maximum absolute atomic E-state index is 12.1. The van der Waals surface area contributed by atoms with Crippen molar-refractivity contribution >= 4 is 56.8 Å². The quantitative estimate of drug-likeness (QED) is 0.360. The number of carboxylic acid groups (broad SMARTS) is 2. The van der Waals surface area contributed by atoms with Gasteiger partial charge in [-0.3, -0.25) is 9.59 Å². The van der Waals surface area contributed by atoms with E-state index in [0.29, 0.717) is 5.69 Å². The van der Waals surface area contributed by atoms with Gasteiger partial charge in [0.15, 0.2) is 5.16 Å². The van der Waals surface area contributed by atoms with Crippen molar-refractivity contribution in [3.8, 4) is 0 Å². The van der Waals surface area contributed by atoms with Gasteiger partial charge in [-0.2, -0.15) is 0 Å². The first-order valence-corrected chi connectivity index (χ1v) is 9.22. The summed E-state index contributed by atoms with van der Waals surface area (Å²) in [6.45, 7) is 0. The Morgan fingerprint density at radius 2 is 1.85 bits per heavy atom. The Hall–Kier alpha value is -3.18. The van der Waals surface area contributed by atoms with Crippen LogP contribution < -0.4 is 10.9 Å². The highest BCUT2D eigenvalue weighted by Crippen LogP contribution is 2.23. The minimum absolute atomic E-state index is 0.0137. The number of aromatic nitrogens is 2. The van der Waals surface area contributed by atoms with E-state index in [9.17, 15) is 19.2 Å². The van der Waals surface area contributed by atoms with Crippen LogP contribution in [-0.2, 0) is 4.79 Å². The molecule has 2 aromatic heterocycles. The van der Waals surface area contributed by atoms with Crippen molar-refractivity contribution in [2.75, 3.05) is 11.1 Å². The van der Waals surface area contributed by atoms with E-state index in [-0.39, 0.29) is 38.2 Å². The molecule has 2 heterocycles. The first-order chi connectivity index (χ1) is 12.8. The summed E-state index contributed by atoms with van der Waals surface area (Å²) in [6.07, 6.45) is 0. The monoisotopic (exact) mass is 405 g/mol. The van der Waals surface area contributed by atoms with Crippen molar-refractivity contribution in [3.63, 3.8) is 0 Å². The van der Waals surface area contributed by atoms with E-state index < -0.39 is 17.5 Å². The molecular weight excluding hydrogens is 394 g/mol. The molecule has 11 heteroatoms. The first kappa shape index (κ1) is 18.6. The molecule has 0 radical (unpaired) electrons. The third-order valence-electron chi connectivity index (χ3n) is 3.41. The standard InChI is InChI=1S/C16H11N3O6S2/c20-10(17-8-3-1-7(2-4-8)14(22)23)6-27-16-18-12(21)11-9(15(24)25)5-26-13(11)19-16/h1-5H,6H2,(H,17,20)(H,22,23)(H,24,25)(H,18,19,21). The zero-order valence-corrected chi connectivity index (χ0v) is 15.0. The van der Waals surface area contributed by atoms with Gasteiger partial charge in [0, 0.05) is 11.1 Å². The molecule has 0 aliphatic heterocycles. The van der Waals surface area contributed by atoms with E-state index in [1.165, 1.54) is 29.6 Å². The molecule has 3 aromatic rings. The summed E-state index contributed by atoms with van der Waals surface area (Å²) in [4.78, 5) is 52.9. The summed E-state index contributed by atoms with van der Waals surface area (Å²) in [7, 11) is 0. The van der Waals surface area contributed by atoms with Crippen LogP contribution in [0, 0.1) is 0 Å². The lowest BCUT2D eigenvalue weighted by molar-refractivity contribution is -0.113. The number of nitrogens with zero attached hydrogens (tertiary/aromatic N) is 1. The molecule has 0 aliphatic carbocycles. The summed E-state index contributed by atoms with van der Waals surface area (Å²) in [5.41, 5.74) is -0.144. The van der Waals surface area contributed by atoms with Gasteiger partial charge in [0.1, 0.15) is 4.83 Å². The van der Waals surface area contributed by atoms with Crippen LogP contribution >= 0.6 is 23.1 Å². The van der Waals surface area contributed by atoms with Crippen LogP contribution in [-0.4, -0.2) is 43.8 Å². The molecule has 0 atom stereocenters. The predicted octanol–water partition coefficient (Wildman–Crippen LogP) is 2.11. The molecule has 27 heavy (non-hydrogen) atoms. The van der Waals surface area contributed by atoms with Gasteiger partial charge in [0.2, 0.25) is 5.91 Å². The number of benzene rings is 1. The molecular formula is C16H11N3O6S2. The van der Waals surface area contributed by atoms with E-state index in [1.807, 2.05) is 0 Å². The first-order valence-electron chi connectivity index (χ1n) is 7.36. The number of carbonyl (C=O) groups excluding carboxylic acids is 1. The fraction of sp³-hybridized carbons (Fsp3) is 0.0625. The molecule has 1 amide bonds. The van der Waals surface area contributed by atoms with Gasteiger partial charge in [-0.1, -0.05) is 11.8 Å². The zero-order chi connectivity index (χ0) is 19.6. The molecule has 0 saturated carbocycles. The van der Waals surface area contributed by atoms with Crippen molar-refractivity contribution in [1.82, 2.24) is 9.97 Å². The second-order valence-electron chi connectivity index (χ2n) is 5.23. The molecule has 1 aromatic carbocycles. The number of carboxylic acids is 2. The Balaban J connectivity index is 1.67. The summed E-state index contributed by atoms with van der Waals surface area (Å²) in [5, 5.41) is 22.1. The average molecular weight is 405 g/mol. The van der Waals surface area contributed by atoms with Crippen LogP contribution in [0.25, 0.3) is 10.2 Å². The third kappa shape index (κ3) is 4.15. The Morgan fingerprint density at radius 3 is 2.48 bits per heavy atom. The van der Waals surface area contributed by atoms with Gasteiger partial charge in [-0.05, 0) is 24.3 Å². The van der Waals surface area contributed by atoms with Crippen LogP contribution in [0.15, 0.2) is 39.6 Å². The van der Waals surface area contributed by atoms with Gasteiger partial charge in [-0.15, -0.1) is 11.3 Å². The smallest absolute Gasteiger partial charge is 0.337 e. The lowest BCUT2D eigenvalue weighted by Crippen LogP contribution is -2.16. The van der Waals surface area contributed by atoms with Crippen LogP contribution in [0.1, 0.15) is 20.7 Å². The Morgan fingerprint density at radius 1 is 1.15 bits per heavy atom. The number of anilines is 1. The second-order valence-corrected chi connectivity index (χ2v) is 7.05. The van der Waals surface area contributed by atoms with Gasteiger partial charge in [0.25, 0.3) is 5.56 Å². The van der Waals surface area contributed by atoms with E-state index in [2.05, 4.69) is 15.3 Å². The third-order valence-corrected chi connectivity index (χ3v) is 5.15. The Bertz CT molecular complexity index is 1100. The number of H-pyrrole nitrogens is 1. The van der Waals surface area contributed by atoms with Gasteiger partial charge in [0.05, 0.1) is 22.3 Å². The van der Waals surface area contributed by atoms with Gasteiger partial charge >= 0.3 is 11.9 Å². The maximum Gasteiger partial charge on any atom is 0.337 e. The summed E-state index contributed by atoms with van der Waals surface area (Å²) in [5.74, 6) is -2.69. The number of aromatic amines is 1. The SMILES string of the molecule is O=C(CSc1nc2scc(C(=O)O)c2c(=O)[nH]1)Nc1ccc(C(=O)O)cc1. The second kappa shape index (κ2) is 7.60. The molecule has 138 valence electrons. The predicted molar refractivity (Wildman–Crippen MR) is 100.0 cm³/mol. The average Bonchev–Trinajstić information content (AvgIpc) is 3.05. The van der Waals surface area contributed by atoms with Crippen LogP contribution in [0.3, 0.4) is 0 Å². The molecule has 0 aliphatic rings. The van der Waals surface area contributed by atoms with Crippen LogP contribution in [0.5, 0.6) is 0 Å². The zero-order valence-electron chi connectivity index (χ0n) is 13.4. The van der Waals surface area contributed by atoms with Crippen molar-refractivity contribution in [2.45, 2.75) is 5.16 Å². The summed E-state index contributed by atoms with van der Waals surface area (Å²) >= 11 is 2.03. The number of thioether (sulfide) groups is 1. The minimum Gasteiger partial charge on any atom is -0.478 e. The number of hydrogen-bond acceptors (Lipinski definition) is 7. The molecule has 4 N–H and O–H groups in total. The fourth-order valence-corrected chi connectivity index (χ4v) is 3.81. The molecule has 0 spiro atoms. The number of aromatic carboxylic acids is 2.